The Bertz CT molecular complexity index is 949. The molecule has 146 valence electrons. The van der Waals surface area contributed by atoms with Gasteiger partial charge in [-0.2, -0.15) is 5.10 Å². The minimum absolute atomic E-state index is 0.0211. The van der Waals surface area contributed by atoms with Crippen molar-refractivity contribution >= 4 is 28.3 Å². The Hall–Kier alpha value is -2.90. The molecule has 7 heteroatoms. The molecule has 0 spiro atoms. The highest BCUT2D eigenvalue weighted by Crippen LogP contribution is 2.33. The van der Waals surface area contributed by atoms with E-state index in [1.807, 2.05) is 49.5 Å². The average molecular weight is 380 g/mol. The monoisotopic (exact) mass is 380 g/mol. The Morgan fingerprint density at radius 2 is 1.93 bits per heavy atom. The number of hydrogen-bond acceptors (Lipinski definition) is 5. The topological polar surface area (TPSA) is 68.6 Å². The van der Waals surface area contributed by atoms with E-state index in [1.165, 1.54) is 0 Å². The molecule has 1 saturated heterocycles. The summed E-state index contributed by atoms with van der Waals surface area (Å²) in [4.78, 5) is 14.7. The number of nitrogens with zero attached hydrogens (tertiary/aromatic N) is 3. The van der Waals surface area contributed by atoms with E-state index in [0.29, 0.717) is 25.6 Å². The average Bonchev–Trinajstić information content (AvgIpc) is 3.05. The van der Waals surface area contributed by atoms with Crippen LogP contribution < -0.4 is 10.2 Å². The molecular weight excluding hydrogens is 356 g/mol. The molecular formula is C21H24N4O3. The normalized spacial score (nSPS) is 14.4. The summed E-state index contributed by atoms with van der Waals surface area (Å²) in [5, 5.41) is 8.39. The number of carbonyl (C=O) groups excluding carboxylic acids is 1. The number of morpholine rings is 1. The van der Waals surface area contributed by atoms with E-state index < -0.39 is 0 Å². The molecule has 1 N–H and O–H groups in total. The molecule has 0 bridgehead atoms. The van der Waals surface area contributed by atoms with Crippen LogP contribution in [0.1, 0.15) is 5.56 Å². The Morgan fingerprint density at radius 1 is 1.14 bits per heavy atom. The molecule has 2 heterocycles. The van der Waals surface area contributed by atoms with Crippen molar-refractivity contribution in [3.05, 3.63) is 54.1 Å². The smallest absolute Gasteiger partial charge is 0.251 e. The fourth-order valence-corrected chi connectivity index (χ4v) is 3.45. The quantitative estimate of drug-likeness (QED) is 0.712. The van der Waals surface area contributed by atoms with E-state index in [1.54, 1.807) is 4.68 Å². The summed E-state index contributed by atoms with van der Waals surface area (Å²) in [6.07, 6.45) is 0. The maximum Gasteiger partial charge on any atom is 0.251 e. The Labute approximate surface area is 163 Å². The van der Waals surface area contributed by atoms with Gasteiger partial charge in [0.2, 0.25) is 0 Å². The van der Waals surface area contributed by atoms with Gasteiger partial charge in [-0.3, -0.25) is 9.48 Å². The summed E-state index contributed by atoms with van der Waals surface area (Å²) in [6.45, 7) is 3.42. The van der Waals surface area contributed by atoms with Gasteiger partial charge in [0, 0.05) is 20.1 Å². The van der Waals surface area contributed by atoms with Crippen LogP contribution in [0.3, 0.4) is 0 Å². The number of anilines is 2. The van der Waals surface area contributed by atoms with E-state index in [-0.39, 0.29) is 12.5 Å². The highest BCUT2D eigenvalue weighted by Gasteiger charge is 2.20. The molecule has 4 rings (SSSR count). The number of fused-ring (bicyclic) bond motifs is 1. The standard InChI is InChI=1S/C21H24N4O3/c1-24-17-8-5-9-18(25-10-12-27-13-11-25)20(17)21(23-24)22-19(26)15-28-14-16-6-3-2-4-7-16/h2-9H,10-15H2,1H3,(H,22,23,26). The summed E-state index contributed by atoms with van der Waals surface area (Å²) < 4.78 is 12.8. The van der Waals surface area contributed by atoms with E-state index in [9.17, 15) is 4.79 Å². The molecule has 1 aromatic heterocycles. The lowest BCUT2D eigenvalue weighted by Gasteiger charge is -2.29. The van der Waals surface area contributed by atoms with E-state index in [4.69, 9.17) is 9.47 Å². The number of nitrogens with one attached hydrogen (secondary N) is 1. The first-order valence-corrected chi connectivity index (χ1v) is 9.42. The van der Waals surface area contributed by atoms with Crippen LogP contribution in [0.25, 0.3) is 10.9 Å². The van der Waals surface area contributed by atoms with E-state index >= 15 is 0 Å². The Balaban J connectivity index is 1.49. The maximum absolute atomic E-state index is 12.4. The van der Waals surface area contributed by atoms with Crippen molar-refractivity contribution < 1.29 is 14.3 Å². The third-order valence-electron chi connectivity index (χ3n) is 4.81. The minimum Gasteiger partial charge on any atom is -0.378 e. The Morgan fingerprint density at radius 3 is 2.71 bits per heavy atom. The Kier molecular flexibility index (Phi) is 5.55. The first-order chi connectivity index (χ1) is 13.7. The third-order valence-corrected chi connectivity index (χ3v) is 4.81. The van der Waals surface area contributed by atoms with Gasteiger partial charge in [-0.15, -0.1) is 0 Å². The fourth-order valence-electron chi connectivity index (χ4n) is 3.45. The van der Waals surface area contributed by atoms with Gasteiger partial charge >= 0.3 is 0 Å². The van der Waals surface area contributed by atoms with Crippen LogP contribution in [-0.4, -0.2) is 48.6 Å². The molecule has 0 saturated carbocycles. The van der Waals surface area contributed by atoms with Gasteiger partial charge in [0.25, 0.3) is 5.91 Å². The van der Waals surface area contributed by atoms with Gasteiger partial charge in [-0.05, 0) is 17.7 Å². The second kappa shape index (κ2) is 8.41. The highest BCUT2D eigenvalue weighted by molar-refractivity contribution is 6.06. The van der Waals surface area contributed by atoms with Crippen LogP contribution in [-0.2, 0) is 27.9 Å². The number of benzene rings is 2. The van der Waals surface area contributed by atoms with Gasteiger partial charge in [0.05, 0.1) is 36.4 Å². The van der Waals surface area contributed by atoms with Gasteiger partial charge in [0.1, 0.15) is 6.61 Å². The molecule has 1 amide bonds. The number of hydrogen-bond donors (Lipinski definition) is 1. The zero-order chi connectivity index (χ0) is 19.3. The fraction of sp³-hybridized carbons (Fsp3) is 0.333. The minimum atomic E-state index is -0.215. The predicted molar refractivity (Wildman–Crippen MR) is 108 cm³/mol. The van der Waals surface area contributed by atoms with Crippen LogP contribution in [0.15, 0.2) is 48.5 Å². The van der Waals surface area contributed by atoms with Gasteiger partial charge < -0.3 is 19.7 Å². The van der Waals surface area contributed by atoms with Crippen molar-refractivity contribution in [2.75, 3.05) is 43.1 Å². The number of amides is 1. The van der Waals surface area contributed by atoms with Crippen LogP contribution >= 0.6 is 0 Å². The van der Waals surface area contributed by atoms with Crippen molar-refractivity contribution in [2.45, 2.75) is 6.61 Å². The summed E-state index contributed by atoms with van der Waals surface area (Å²) in [5.41, 5.74) is 3.08. The molecule has 2 aromatic carbocycles. The van der Waals surface area contributed by atoms with Gasteiger partial charge in [-0.1, -0.05) is 36.4 Å². The number of rotatable bonds is 6. The predicted octanol–water partition coefficient (Wildman–Crippen LogP) is 2.57. The zero-order valence-electron chi connectivity index (χ0n) is 15.9. The van der Waals surface area contributed by atoms with E-state index in [0.717, 1.165) is 35.2 Å². The molecule has 7 nitrogen and oxygen atoms in total. The molecule has 1 fully saturated rings. The lowest BCUT2D eigenvalue weighted by molar-refractivity contribution is -0.121. The number of aromatic nitrogens is 2. The first-order valence-electron chi connectivity index (χ1n) is 9.42. The number of carbonyl (C=O) groups is 1. The van der Waals surface area contributed by atoms with Crippen molar-refractivity contribution in [3.63, 3.8) is 0 Å². The van der Waals surface area contributed by atoms with Crippen LogP contribution in [0, 0.1) is 0 Å². The number of ether oxygens (including phenoxy) is 2. The molecule has 0 atom stereocenters. The lowest BCUT2D eigenvalue weighted by atomic mass is 10.1. The molecule has 0 unspecified atom stereocenters. The SMILES string of the molecule is Cn1nc(NC(=O)COCc2ccccc2)c2c(N3CCOCC3)cccc21. The van der Waals surface area contributed by atoms with E-state index in [2.05, 4.69) is 21.4 Å². The van der Waals surface area contributed by atoms with Crippen molar-refractivity contribution in [3.8, 4) is 0 Å². The first kappa shape index (κ1) is 18.5. The van der Waals surface area contributed by atoms with Crippen LogP contribution in [0.4, 0.5) is 11.5 Å². The maximum atomic E-state index is 12.4. The second-order valence-corrected chi connectivity index (χ2v) is 6.77. The van der Waals surface area contributed by atoms with Crippen molar-refractivity contribution in [1.29, 1.82) is 0 Å². The molecule has 3 aromatic rings. The summed E-state index contributed by atoms with van der Waals surface area (Å²) in [7, 11) is 1.88. The van der Waals surface area contributed by atoms with Gasteiger partial charge in [-0.25, -0.2) is 0 Å². The van der Waals surface area contributed by atoms with Crippen molar-refractivity contribution in [2.24, 2.45) is 7.05 Å². The molecule has 0 aliphatic carbocycles. The molecule has 1 aliphatic heterocycles. The van der Waals surface area contributed by atoms with Crippen LogP contribution in [0.5, 0.6) is 0 Å². The summed E-state index contributed by atoms with van der Waals surface area (Å²) >= 11 is 0. The van der Waals surface area contributed by atoms with Gasteiger partial charge in [0.15, 0.2) is 5.82 Å². The summed E-state index contributed by atoms with van der Waals surface area (Å²) in [6, 6.07) is 15.9. The second-order valence-electron chi connectivity index (χ2n) is 6.77. The summed E-state index contributed by atoms with van der Waals surface area (Å²) in [5.74, 6) is 0.348. The van der Waals surface area contributed by atoms with Crippen LogP contribution in [0.2, 0.25) is 0 Å². The molecule has 1 aliphatic rings. The lowest BCUT2D eigenvalue weighted by Crippen LogP contribution is -2.36. The highest BCUT2D eigenvalue weighted by atomic mass is 16.5. The molecule has 28 heavy (non-hydrogen) atoms. The molecule has 0 radical (unpaired) electrons. The third kappa shape index (κ3) is 4.00. The zero-order valence-corrected chi connectivity index (χ0v) is 15.9. The number of aryl methyl sites for hydroxylation is 1. The van der Waals surface area contributed by atoms with Crippen molar-refractivity contribution in [1.82, 2.24) is 9.78 Å². The largest absolute Gasteiger partial charge is 0.378 e.